The number of aromatic nitrogens is 2. The van der Waals surface area contributed by atoms with Gasteiger partial charge in [-0.25, -0.2) is 8.42 Å². The lowest BCUT2D eigenvalue weighted by atomic mass is 10.4. The lowest BCUT2D eigenvalue weighted by Gasteiger charge is -2.17. The molecular weight excluding hydrogens is 264 g/mol. The lowest BCUT2D eigenvalue weighted by molar-refractivity contribution is 0.491. The van der Waals surface area contributed by atoms with Crippen molar-refractivity contribution < 1.29 is 8.42 Å². The molecule has 6 nitrogen and oxygen atoms in total. The van der Waals surface area contributed by atoms with E-state index in [1.54, 1.807) is 32.5 Å². The van der Waals surface area contributed by atoms with Crippen LogP contribution in [0, 0.1) is 13.8 Å². The van der Waals surface area contributed by atoms with Crippen LogP contribution in [0.15, 0.2) is 17.0 Å². The van der Waals surface area contributed by atoms with Crippen LogP contribution in [0.4, 0.5) is 0 Å². The number of nitrogens with two attached hydrogens (primary N) is 1. The molecule has 0 aliphatic rings. The highest BCUT2D eigenvalue weighted by atomic mass is 32.2. The van der Waals surface area contributed by atoms with Gasteiger partial charge in [-0.2, -0.15) is 9.40 Å². The Hall–Kier alpha value is -1.18. The van der Waals surface area contributed by atoms with Crippen LogP contribution < -0.4 is 5.73 Å². The van der Waals surface area contributed by atoms with Gasteiger partial charge in [-0.1, -0.05) is 12.2 Å². The molecular formula is C12H22N4O2S. The van der Waals surface area contributed by atoms with Crippen LogP contribution in [-0.4, -0.2) is 42.6 Å². The van der Waals surface area contributed by atoms with E-state index in [1.807, 2.05) is 0 Å². The summed E-state index contributed by atoms with van der Waals surface area (Å²) < 4.78 is 28.0. The van der Waals surface area contributed by atoms with Crippen molar-refractivity contribution in [3.8, 4) is 0 Å². The highest BCUT2D eigenvalue weighted by molar-refractivity contribution is 7.89. The third kappa shape index (κ3) is 3.23. The first-order chi connectivity index (χ1) is 8.71. The van der Waals surface area contributed by atoms with Crippen molar-refractivity contribution in [3.05, 3.63) is 23.5 Å². The van der Waals surface area contributed by atoms with Crippen molar-refractivity contribution in [1.82, 2.24) is 14.1 Å². The van der Waals surface area contributed by atoms with Crippen molar-refractivity contribution in [2.75, 3.05) is 20.1 Å². The molecule has 0 aromatic carbocycles. The Morgan fingerprint density at radius 1 is 1.47 bits per heavy atom. The van der Waals surface area contributed by atoms with Gasteiger partial charge in [0.05, 0.1) is 17.9 Å². The molecule has 0 aliphatic carbocycles. The Balaban J connectivity index is 3.25. The lowest BCUT2D eigenvalue weighted by Crippen LogP contribution is -2.29. The normalized spacial score (nSPS) is 12.1. The molecule has 0 saturated carbocycles. The number of nitrogens with zero attached hydrogens (tertiary/aromatic N) is 3. The van der Waals surface area contributed by atoms with Gasteiger partial charge in [-0.3, -0.25) is 4.68 Å². The van der Waals surface area contributed by atoms with Gasteiger partial charge in [0.2, 0.25) is 10.0 Å². The monoisotopic (exact) mass is 286 g/mol. The van der Waals surface area contributed by atoms with Crippen LogP contribution in [0.5, 0.6) is 0 Å². The van der Waals surface area contributed by atoms with E-state index in [9.17, 15) is 8.42 Å². The van der Waals surface area contributed by atoms with Gasteiger partial charge in [0.25, 0.3) is 0 Å². The second-order valence-electron chi connectivity index (χ2n) is 4.73. The third-order valence-corrected chi connectivity index (χ3v) is 4.87. The van der Waals surface area contributed by atoms with Crippen molar-refractivity contribution in [3.63, 3.8) is 0 Å². The molecule has 1 aromatic heterocycles. The van der Waals surface area contributed by atoms with Gasteiger partial charge >= 0.3 is 0 Å². The average molecular weight is 286 g/mol. The topological polar surface area (TPSA) is 81.2 Å². The smallest absolute Gasteiger partial charge is 0.246 e. The average Bonchev–Trinajstić information content (AvgIpc) is 2.54. The highest BCUT2D eigenvalue weighted by Gasteiger charge is 2.28. The predicted octanol–water partition coefficient (Wildman–Crippen LogP) is 0.655. The van der Waals surface area contributed by atoms with E-state index in [-0.39, 0.29) is 4.90 Å². The first-order valence-electron chi connectivity index (χ1n) is 6.06. The number of hydrogen-bond donors (Lipinski definition) is 1. The van der Waals surface area contributed by atoms with Gasteiger partial charge in [-0.05, 0) is 20.8 Å². The highest BCUT2D eigenvalue weighted by Crippen LogP contribution is 2.23. The number of likely N-dealkylation sites (N-methyl/N-ethyl adjacent to an activating group) is 1. The summed E-state index contributed by atoms with van der Waals surface area (Å²) in [6, 6.07) is 0. The Morgan fingerprint density at radius 2 is 2.05 bits per heavy atom. The van der Waals surface area contributed by atoms with Gasteiger partial charge in [0, 0.05) is 20.1 Å². The molecule has 0 bridgehead atoms. The van der Waals surface area contributed by atoms with Crippen molar-refractivity contribution in [1.29, 1.82) is 0 Å². The van der Waals surface area contributed by atoms with E-state index in [0.717, 1.165) is 5.57 Å². The Bertz CT molecular complexity index is 575. The Kier molecular flexibility index (Phi) is 4.89. The Morgan fingerprint density at radius 3 is 2.53 bits per heavy atom. The van der Waals surface area contributed by atoms with Crippen molar-refractivity contribution >= 4 is 10.0 Å². The summed E-state index contributed by atoms with van der Waals surface area (Å²) >= 11 is 0. The summed E-state index contributed by atoms with van der Waals surface area (Å²) in [4.78, 5) is 0.268. The summed E-state index contributed by atoms with van der Waals surface area (Å²) in [6.45, 7) is 10.2. The van der Waals surface area contributed by atoms with Gasteiger partial charge in [0.1, 0.15) is 4.90 Å². The van der Waals surface area contributed by atoms with Crippen molar-refractivity contribution in [2.45, 2.75) is 32.2 Å². The predicted molar refractivity (Wildman–Crippen MR) is 75.4 cm³/mol. The second-order valence-corrected chi connectivity index (χ2v) is 6.71. The first-order valence-corrected chi connectivity index (χ1v) is 7.50. The van der Waals surface area contributed by atoms with Gasteiger partial charge < -0.3 is 5.73 Å². The summed E-state index contributed by atoms with van der Waals surface area (Å²) in [5.74, 6) is 0. The largest absolute Gasteiger partial charge is 0.329 e. The number of rotatable bonds is 6. The van der Waals surface area contributed by atoms with Crippen LogP contribution in [0.2, 0.25) is 0 Å². The molecule has 0 saturated heterocycles. The molecule has 1 rings (SSSR count). The molecule has 0 aliphatic heterocycles. The summed E-state index contributed by atoms with van der Waals surface area (Å²) in [7, 11) is -2.00. The fraction of sp³-hybridized carbons (Fsp3) is 0.583. The molecule has 0 atom stereocenters. The maximum atomic E-state index is 12.5. The zero-order valence-corrected chi connectivity index (χ0v) is 12.8. The molecule has 0 unspecified atom stereocenters. The summed E-state index contributed by atoms with van der Waals surface area (Å²) in [5, 5.41) is 4.24. The van der Waals surface area contributed by atoms with E-state index >= 15 is 0 Å². The summed E-state index contributed by atoms with van der Waals surface area (Å²) in [6.07, 6.45) is 0. The number of sulfonamides is 1. The standard InChI is InChI=1S/C12H22N4O2S/c1-9(2)8-15(5)19(17,18)12-10(3)14-16(7-6-13)11(12)4/h1,6-8,13H2,2-5H3. The molecule has 2 N–H and O–H groups in total. The number of hydrogen-bond acceptors (Lipinski definition) is 4. The van der Waals surface area contributed by atoms with E-state index < -0.39 is 10.0 Å². The fourth-order valence-corrected chi connectivity index (χ4v) is 3.61. The van der Waals surface area contributed by atoms with Crippen LogP contribution in [-0.2, 0) is 16.6 Å². The molecule has 7 heteroatoms. The van der Waals surface area contributed by atoms with Gasteiger partial charge in [0.15, 0.2) is 0 Å². The third-order valence-electron chi connectivity index (χ3n) is 2.82. The zero-order chi connectivity index (χ0) is 14.8. The zero-order valence-electron chi connectivity index (χ0n) is 12.0. The van der Waals surface area contributed by atoms with Crippen LogP contribution in [0.25, 0.3) is 0 Å². The second kappa shape index (κ2) is 5.85. The molecule has 0 fully saturated rings. The minimum Gasteiger partial charge on any atom is -0.329 e. The van der Waals surface area contributed by atoms with E-state index in [1.165, 1.54) is 4.31 Å². The van der Waals surface area contributed by atoms with Crippen LogP contribution in [0.1, 0.15) is 18.3 Å². The molecule has 19 heavy (non-hydrogen) atoms. The Labute approximate surface area is 114 Å². The first kappa shape index (κ1) is 15.9. The van der Waals surface area contributed by atoms with Crippen LogP contribution >= 0.6 is 0 Å². The van der Waals surface area contributed by atoms with E-state index in [4.69, 9.17) is 5.73 Å². The fourth-order valence-electron chi connectivity index (χ4n) is 2.01. The molecule has 0 spiro atoms. The van der Waals surface area contributed by atoms with E-state index in [0.29, 0.717) is 31.0 Å². The molecule has 1 heterocycles. The number of aryl methyl sites for hydroxylation is 1. The minimum absolute atomic E-state index is 0.268. The maximum absolute atomic E-state index is 12.5. The summed E-state index contributed by atoms with van der Waals surface area (Å²) in [5.41, 5.74) is 7.40. The minimum atomic E-state index is -3.54. The maximum Gasteiger partial charge on any atom is 0.246 e. The molecule has 0 amide bonds. The molecule has 0 radical (unpaired) electrons. The van der Waals surface area contributed by atoms with Gasteiger partial charge in [-0.15, -0.1) is 0 Å². The van der Waals surface area contributed by atoms with Crippen molar-refractivity contribution in [2.24, 2.45) is 5.73 Å². The van der Waals surface area contributed by atoms with E-state index in [2.05, 4.69) is 11.7 Å². The van der Waals surface area contributed by atoms with Crippen LogP contribution in [0.3, 0.4) is 0 Å². The molecule has 1 aromatic rings. The SMILES string of the molecule is C=C(C)CN(C)S(=O)(=O)c1c(C)nn(CCN)c1C. The quantitative estimate of drug-likeness (QED) is 0.779. The molecule has 108 valence electrons.